The normalized spacial score (nSPS) is 17.3. The van der Waals surface area contributed by atoms with Crippen molar-refractivity contribution in [1.82, 2.24) is 9.80 Å². The van der Waals surface area contributed by atoms with Crippen molar-refractivity contribution in [2.24, 2.45) is 0 Å². The number of nitrogens with one attached hydrogen (secondary N) is 1. The second kappa shape index (κ2) is 8.38. The van der Waals surface area contributed by atoms with Crippen LogP contribution >= 0.6 is 0 Å². The molecule has 0 spiro atoms. The van der Waals surface area contributed by atoms with Crippen LogP contribution in [0.2, 0.25) is 0 Å². The van der Waals surface area contributed by atoms with E-state index in [1.54, 1.807) is 9.80 Å². The zero-order valence-electron chi connectivity index (χ0n) is 14.3. The minimum atomic E-state index is -0.142. The molecule has 6 heteroatoms. The Labute approximate surface area is 143 Å². The summed E-state index contributed by atoms with van der Waals surface area (Å²) < 4.78 is 5.39. The minimum absolute atomic E-state index is 0.00495. The Balaban J connectivity index is 1.98. The van der Waals surface area contributed by atoms with E-state index in [-0.39, 0.29) is 18.0 Å². The van der Waals surface area contributed by atoms with Gasteiger partial charge in [0.05, 0.1) is 12.6 Å². The number of carbonyl (C=O) groups excluding carboxylic acids is 2. The molecular formula is C18H25N3O3. The predicted octanol–water partition coefficient (Wildman–Crippen LogP) is 2.73. The first-order valence-corrected chi connectivity index (χ1v) is 8.30. The smallest absolute Gasteiger partial charge is 0.322 e. The number of urea groups is 1. The highest BCUT2D eigenvalue weighted by Gasteiger charge is 2.30. The second-order valence-corrected chi connectivity index (χ2v) is 5.63. The topological polar surface area (TPSA) is 61.9 Å². The van der Waals surface area contributed by atoms with Crippen LogP contribution in [-0.4, -0.2) is 54.0 Å². The summed E-state index contributed by atoms with van der Waals surface area (Å²) in [6.45, 7) is 9.66. The Hall–Kier alpha value is -2.50. The molecule has 1 unspecified atom stereocenters. The molecule has 3 amide bonds. The third kappa shape index (κ3) is 4.28. The predicted molar refractivity (Wildman–Crippen MR) is 94.2 cm³/mol. The van der Waals surface area contributed by atoms with Gasteiger partial charge in [-0.05, 0) is 43.7 Å². The van der Waals surface area contributed by atoms with Gasteiger partial charge in [-0.1, -0.05) is 13.5 Å². The number of ether oxygens (including phenoxy) is 1. The summed E-state index contributed by atoms with van der Waals surface area (Å²) in [7, 11) is 0. The van der Waals surface area contributed by atoms with E-state index in [0.717, 1.165) is 17.9 Å². The molecule has 1 aromatic carbocycles. The van der Waals surface area contributed by atoms with Crippen LogP contribution < -0.4 is 10.1 Å². The highest BCUT2D eigenvalue weighted by molar-refractivity contribution is 5.90. The Kier molecular flexibility index (Phi) is 6.23. The van der Waals surface area contributed by atoms with Crippen molar-refractivity contribution in [2.75, 3.05) is 31.6 Å². The fraction of sp³-hybridized carbons (Fsp3) is 0.444. The monoisotopic (exact) mass is 331 g/mol. The number of carbonyl (C=O) groups is 2. The van der Waals surface area contributed by atoms with E-state index in [1.165, 1.54) is 6.08 Å². The lowest BCUT2D eigenvalue weighted by Crippen LogP contribution is -2.57. The van der Waals surface area contributed by atoms with E-state index < -0.39 is 0 Å². The van der Waals surface area contributed by atoms with Gasteiger partial charge in [-0.15, -0.1) is 0 Å². The largest absolute Gasteiger partial charge is 0.494 e. The molecule has 1 N–H and O–H groups in total. The van der Waals surface area contributed by atoms with Gasteiger partial charge in [-0.3, -0.25) is 4.79 Å². The van der Waals surface area contributed by atoms with Crippen molar-refractivity contribution >= 4 is 17.6 Å². The molecule has 130 valence electrons. The van der Waals surface area contributed by atoms with Crippen molar-refractivity contribution in [1.29, 1.82) is 0 Å². The standard InChI is InChI=1S/C18H25N3O3/c1-4-15-13-20(17(22)5-2)11-12-21(15)18(23)19-14-7-9-16(10-8-14)24-6-3/h5,7-10,15H,2,4,6,11-13H2,1,3H3,(H,19,23). The molecule has 0 bridgehead atoms. The Morgan fingerprint density at radius 3 is 2.58 bits per heavy atom. The molecule has 0 radical (unpaired) electrons. The Morgan fingerprint density at radius 2 is 2.00 bits per heavy atom. The molecule has 1 atom stereocenters. The Bertz CT molecular complexity index is 586. The SMILES string of the molecule is C=CC(=O)N1CCN(C(=O)Nc2ccc(OCC)cc2)C(CC)C1. The summed E-state index contributed by atoms with van der Waals surface area (Å²) >= 11 is 0. The van der Waals surface area contributed by atoms with Crippen LogP contribution in [0.4, 0.5) is 10.5 Å². The summed E-state index contributed by atoms with van der Waals surface area (Å²) in [5.74, 6) is 0.693. The van der Waals surface area contributed by atoms with Gasteiger partial charge in [0.15, 0.2) is 0 Å². The van der Waals surface area contributed by atoms with Crippen molar-refractivity contribution in [3.8, 4) is 5.75 Å². The first-order chi connectivity index (χ1) is 11.6. The lowest BCUT2D eigenvalue weighted by molar-refractivity contribution is -0.128. The average molecular weight is 331 g/mol. The third-order valence-corrected chi connectivity index (χ3v) is 4.12. The molecular weight excluding hydrogens is 306 g/mol. The number of hydrogen-bond acceptors (Lipinski definition) is 3. The number of hydrogen-bond donors (Lipinski definition) is 1. The van der Waals surface area contributed by atoms with Gasteiger partial charge in [0.1, 0.15) is 5.75 Å². The van der Waals surface area contributed by atoms with Gasteiger partial charge in [-0.25, -0.2) is 4.79 Å². The summed E-state index contributed by atoms with van der Waals surface area (Å²) in [5, 5.41) is 2.91. The molecule has 0 aromatic heterocycles. The summed E-state index contributed by atoms with van der Waals surface area (Å²) in [4.78, 5) is 27.8. The highest BCUT2D eigenvalue weighted by Crippen LogP contribution is 2.18. The molecule has 24 heavy (non-hydrogen) atoms. The average Bonchev–Trinajstić information content (AvgIpc) is 2.62. The number of nitrogens with zero attached hydrogens (tertiary/aromatic N) is 2. The van der Waals surface area contributed by atoms with E-state index in [0.29, 0.717) is 26.2 Å². The van der Waals surface area contributed by atoms with Crippen LogP contribution in [0, 0.1) is 0 Å². The van der Waals surface area contributed by atoms with Crippen LogP contribution in [0.5, 0.6) is 5.75 Å². The summed E-state index contributed by atoms with van der Waals surface area (Å²) in [6, 6.07) is 7.17. The maximum absolute atomic E-state index is 12.6. The quantitative estimate of drug-likeness (QED) is 0.844. The molecule has 2 rings (SSSR count). The van der Waals surface area contributed by atoms with E-state index >= 15 is 0 Å². The van der Waals surface area contributed by atoms with Crippen LogP contribution in [0.3, 0.4) is 0 Å². The minimum Gasteiger partial charge on any atom is -0.494 e. The first-order valence-electron chi connectivity index (χ1n) is 8.30. The van der Waals surface area contributed by atoms with Gasteiger partial charge >= 0.3 is 6.03 Å². The van der Waals surface area contributed by atoms with E-state index in [2.05, 4.69) is 11.9 Å². The van der Waals surface area contributed by atoms with Gasteiger partial charge in [0.25, 0.3) is 0 Å². The lowest BCUT2D eigenvalue weighted by Gasteiger charge is -2.40. The van der Waals surface area contributed by atoms with Crippen molar-refractivity contribution in [3.05, 3.63) is 36.9 Å². The maximum atomic E-state index is 12.6. The molecule has 0 saturated carbocycles. The van der Waals surface area contributed by atoms with E-state index in [4.69, 9.17) is 4.74 Å². The second-order valence-electron chi connectivity index (χ2n) is 5.63. The molecule has 0 aliphatic carbocycles. The maximum Gasteiger partial charge on any atom is 0.322 e. The van der Waals surface area contributed by atoms with Gasteiger partial charge in [-0.2, -0.15) is 0 Å². The first kappa shape index (κ1) is 17.8. The molecule has 1 heterocycles. The zero-order chi connectivity index (χ0) is 17.5. The lowest BCUT2D eigenvalue weighted by atomic mass is 10.1. The van der Waals surface area contributed by atoms with Crippen molar-refractivity contribution < 1.29 is 14.3 Å². The fourth-order valence-corrected chi connectivity index (χ4v) is 2.80. The summed E-state index contributed by atoms with van der Waals surface area (Å²) in [5.41, 5.74) is 0.725. The van der Waals surface area contributed by atoms with Crippen LogP contribution in [0.1, 0.15) is 20.3 Å². The number of benzene rings is 1. The van der Waals surface area contributed by atoms with Crippen LogP contribution in [0.25, 0.3) is 0 Å². The van der Waals surface area contributed by atoms with Crippen LogP contribution in [0.15, 0.2) is 36.9 Å². The Morgan fingerprint density at radius 1 is 1.29 bits per heavy atom. The fourth-order valence-electron chi connectivity index (χ4n) is 2.80. The molecule has 1 aliphatic heterocycles. The molecule has 1 saturated heterocycles. The van der Waals surface area contributed by atoms with Crippen molar-refractivity contribution in [3.63, 3.8) is 0 Å². The van der Waals surface area contributed by atoms with E-state index in [9.17, 15) is 9.59 Å². The number of piperazine rings is 1. The van der Waals surface area contributed by atoms with E-state index in [1.807, 2.05) is 38.1 Å². The molecule has 1 fully saturated rings. The zero-order valence-corrected chi connectivity index (χ0v) is 14.3. The molecule has 1 aromatic rings. The third-order valence-electron chi connectivity index (χ3n) is 4.12. The molecule has 1 aliphatic rings. The van der Waals surface area contributed by atoms with Gasteiger partial charge in [0, 0.05) is 25.3 Å². The van der Waals surface area contributed by atoms with Gasteiger partial charge < -0.3 is 19.9 Å². The molecule has 6 nitrogen and oxygen atoms in total. The summed E-state index contributed by atoms with van der Waals surface area (Å²) in [6.07, 6.45) is 2.11. The number of amides is 3. The van der Waals surface area contributed by atoms with Crippen LogP contribution in [-0.2, 0) is 4.79 Å². The van der Waals surface area contributed by atoms with Crippen molar-refractivity contribution in [2.45, 2.75) is 26.3 Å². The highest BCUT2D eigenvalue weighted by atomic mass is 16.5. The number of anilines is 1. The number of rotatable bonds is 5. The van der Waals surface area contributed by atoms with Gasteiger partial charge in [0.2, 0.25) is 5.91 Å².